The Bertz CT molecular complexity index is 1300. The number of hydrogen-bond donors (Lipinski definition) is 2. The molecule has 3 fully saturated rings. The summed E-state index contributed by atoms with van der Waals surface area (Å²) in [6.45, 7) is 4.86. The summed E-state index contributed by atoms with van der Waals surface area (Å²) in [6.07, 6.45) is 6.90. The minimum atomic E-state index is -0.450. The molecule has 1 saturated carbocycles. The fourth-order valence-corrected chi connectivity index (χ4v) is 6.53. The lowest BCUT2D eigenvalue weighted by Crippen LogP contribution is -2.56. The average molecular weight is 521 g/mol. The van der Waals surface area contributed by atoms with Crippen LogP contribution in [0.5, 0.6) is 0 Å². The van der Waals surface area contributed by atoms with E-state index in [4.69, 9.17) is 16.3 Å². The Morgan fingerprint density at radius 3 is 2.65 bits per heavy atom. The van der Waals surface area contributed by atoms with Crippen molar-refractivity contribution >= 4 is 34.1 Å². The SMILES string of the molecule is C[C@@]1(N2CCC(c3cc4cc(NC(=O)[C@H]5CC[C@@H]5c5ccccn5)ncc4cc3Cl)CC2)COC[C@@H]1O. The van der Waals surface area contributed by atoms with Gasteiger partial charge in [0.2, 0.25) is 5.91 Å². The third kappa shape index (κ3) is 4.63. The standard InChI is InChI=1S/C29H33ClN4O3/c1-29(17-37-16-26(29)35)34-10-7-18(8-11-34)23-12-19-14-27(32-15-20(19)13-24(23)30)33-28(36)22-6-5-21(22)25-4-2-3-9-31-25/h2-4,9,12-15,18,21-22,26,35H,5-8,10-11,16-17H2,1H3,(H,32,33,36)/t21-,22-,26-,29+/m0/s1. The number of fused-ring (bicyclic) bond motifs is 1. The predicted molar refractivity (Wildman–Crippen MR) is 144 cm³/mol. The maximum Gasteiger partial charge on any atom is 0.229 e. The smallest absolute Gasteiger partial charge is 0.229 e. The van der Waals surface area contributed by atoms with Gasteiger partial charge in [0.15, 0.2) is 0 Å². The Hall–Kier alpha value is -2.58. The molecule has 2 saturated heterocycles. The van der Waals surface area contributed by atoms with Gasteiger partial charge in [0.25, 0.3) is 0 Å². The number of ether oxygens (including phenoxy) is 1. The van der Waals surface area contributed by atoms with E-state index in [9.17, 15) is 9.90 Å². The van der Waals surface area contributed by atoms with Gasteiger partial charge in [-0.25, -0.2) is 4.98 Å². The summed E-state index contributed by atoms with van der Waals surface area (Å²) in [6, 6.07) is 12.0. The van der Waals surface area contributed by atoms with Crippen LogP contribution in [-0.2, 0) is 9.53 Å². The molecule has 0 bridgehead atoms. The Kier molecular flexibility index (Phi) is 6.65. The van der Waals surface area contributed by atoms with Crippen LogP contribution in [0.15, 0.2) is 48.8 Å². The van der Waals surface area contributed by atoms with Gasteiger partial charge in [-0.2, -0.15) is 0 Å². The molecule has 0 spiro atoms. The van der Waals surface area contributed by atoms with Crippen molar-refractivity contribution in [3.05, 3.63) is 65.1 Å². The molecule has 3 aliphatic rings. The first kappa shape index (κ1) is 24.7. The van der Waals surface area contributed by atoms with E-state index in [-0.39, 0.29) is 23.3 Å². The summed E-state index contributed by atoms with van der Waals surface area (Å²) in [4.78, 5) is 24.3. The number of benzene rings is 1. The van der Waals surface area contributed by atoms with Crippen molar-refractivity contribution < 1.29 is 14.6 Å². The quantitative estimate of drug-likeness (QED) is 0.505. The third-order valence-corrected chi connectivity index (χ3v) is 9.14. The zero-order valence-electron chi connectivity index (χ0n) is 21.1. The summed E-state index contributed by atoms with van der Waals surface area (Å²) >= 11 is 6.74. The minimum absolute atomic E-state index is 0.00175. The van der Waals surface area contributed by atoms with Crippen LogP contribution >= 0.6 is 11.6 Å². The molecule has 0 unspecified atom stereocenters. The maximum absolute atomic E-state index is 13.0. The molecule has 194 valence electrons. The summed E-state index contributed by atoms with van der Waals surface area (Å²) in [5, 5.41) is 16.2. The summed E-state index contributed by atoms with van der Waals surface area (Å²) in [7, 11) is 0. The molecule has 8 heteroatoms. The van der Waals surface area contributed by atoms with Crippen LogP contribution in [0.25, 0.3) is 10.8 Å². The maximum atomic E-state index is 13.0. The van der Waals surface area contributed by atoms with Crippen molar-refractivity contribution in [2.75, 3.05) is 31.6 Å². The van der Waals surface area contributed by atoms with Crippen LogP contribution in [0.1, 0.15) is 55.7 Å². The summed E-state index contributed by atoms with van der Waals surface area (Å²) < 4.78 is 5.55. The van der Waals surface area contributed by atoms with E-state index in [1.54, 1.807) is 12.4 Å². The molecular weight excluding hydrogens is 488 g/mol. The van der Waals surface area contributed by atoms with E-state index < -0.39 is 6.10 Å². The number of aromatic nitrogens is 2. The molecule has 4 atom stereocenters. The average Bonchev–Trinajstić information content (AvgIpc) is 3.23. The zero-order chi connectivity index (χ0) is 25.6. The summed E-state index contributed by atoms with van der Waals surface area (Å²) in [5.41, 5.74) is 1.81. The van der Waals surface area contributed by atoms with Crippen LogP contribution in [-0.4, -0.2) is 63.8 Å². The van der Waals surface area contributed by atoms with Gasteiger partial charge in [-0.1, -0.05) is 17.7 Å². The molecule has 6 rings (SSSR count). The highest BCUT2D eigenvalue weighted by molar-refractivity contribution is 6.32. The van der Waals surface area contributed by atoms with E-state index in [1.165, 1.54) is 0 Å². The van der Waals surface area contributed by atoms with Gasteiger partial charge in [0.05, 0.1) is 24.9 Å². The minimum Gasteiger partial charge on any atom is -0.389 e. The number of carbonyl (C=O) groups is 1. The predicted octanol–water partition coefficient (Wildman–Crippen LogP) is 4.74. The van der Waals surface area contributed by atoms with Gasteiger partial charge in [0.1, 0.15) is 5.82 Å². The lowest BCUT2D eigenvalue weighted by Gasteiger charge is -2.43. The van der Waals surface area contributed by atoms with Gasteiger partial charge in [-0.3, -0.25) is 14.7 Å². The Morgan fingerprint density at radius 2 is 1.97 bits per heavy atom. The molecule has 2 aromatic heterocycles. The molecule has 4 heterocycles. The normalized spacial score (nSPS) is 28.8. The first-order valence-electron chi connectivity index (χ1n) is 13.2. The Balaban J connectivity index is 1.16. The molecule has 1 aliphatic carbocycles. The second-order valence-corrected chi connectivity index (χ2v) is 11.4. The molecule has 0 radical (unpaired) electrons. The van der Waals surface area contributed by atoms with Crippen LogP contribution in [0.4, 0.5) is 5.82 Å². The van der Waals surface area contributed by atoms with E-state index in [0.717, 1.165) is 65.8 Å². The van der Waals surface area contributed by atoms with Crippen LogP contribution in [0.2, 0.25) is 5.02 Å². The highest BCUT2D eigenvalue weighted by atomic mass is 35.5. The second-order valence-electron chi connectivity index (χ2n) is 11.0. The van der Waals surface area contributed by atoms with E-state index in [0.29, 0.717) is 24.9 Å². The molecule has 3 aromatic rings. The first-order chi connectivity index (χ1) is 17.9. The molecule has 37 heavy (non-hydrogen) atoms. The highest BCUT2D eigenvalue weighted by Gasteiger charge is 2.45. The number of likely N-dealkylation sites (tertiary alicyclic amines) is 1. The molecular formula is C29H33ClN4O3. The van der Waals surface area contributed by atoms with E-state index in [1.807, 2.05) is 30.3 Å². The van der Waals surface area contributed by atoms with Gasteiger partial charge < -0.3 is 15.2 Å². The van der Waals surface area contributed by atoms with E-state index >= 15 is 0 Å². The highest BCUT2D eigenvalue weighted by Crippen LogP contribution is 2.42. The zero-order valence-corrected chi connectivity index (χ0v) is 21.8. The molecule has 7 nitrogen and oxygen atoms in total. The lowest BCUT2D eigenvalue weighted by atomic mass is 9.71. The number of nitrogens with one attached hydrogen (secondary N) is 1. The number of anilines is 1. The lowest BCUT2D eigenvalue weighted by molar-refractivity contribution is -0.123. The first-order valence-corrected chi connectivity index (χ1v) is 13.6. The van der Waals surface area contributed by atoms with Gasteiger partial charge in [0, 0.05) is 40.3 Å². The molecule has 2 aliphatic heterocycles. The molecule has 1 amide bonds. The number of carbonyl (C=O) groups excluding carboxylic acids is 1. The van der Waals surface area contributed by atoms with Crippen LogP contribution < -0.4 is 5.32 Å². The largest absolute Gasteiger partial charge is 0.389 e. The third-order valence-electron chi connectivity index (χ3n) is 8.81. The number of rotatable bonds is 5. The summed E-state index contributed by atoms with van der Waals surface area (Å²) in [5.74, 6) is 0.995. The van der Waals surface area contributed by atoms with Crippen molar-refractivity contribution in [1.29, 1.82) is 0 Å². The number of piperidine rings is 1. The van der Waals surface area contributed by atoms with Crippen molar-refractivity contribution in [2.45, 2.75) is 56.1 Å². The number of aliphatic hydroxyl groups excluding tert-OH is 1. The van der Waals surface area contributed by atoms with Crippen LogP contribution in [0, 0.1) is 5.92 Å². The Labute approximate surface area is 222 Å². The fourth-order valence-electron chi connectivity index (χ4n) is 6.20. The number of halogens is 1. The number of pyridine rings is 2. The molecule has 1 aromatic carbocycles. The number of hydrogen-bond acceptors (Lipinski definition) is 6. The van der Waals surface area contributed by atoms with Gasteiger partial charge in [-0.05, 0) is 92.9 Å². The molecule has 2 N–H and O–H groups in total. The van der Waals surface area contributed by atoms with Crippen molar-refractivity contribution in [3.63, 3.8) is 0 Å². The van der Waals surface area contributed by atoms with Crippen LogP contribution in [0.3, 0.4) is 0 Å². The fraction of sp³-hybridized carbons (Fsp3) is 0.483. The number of aliphatic hydroxyl groups is 1. The second kappa shape index (κ2) is 9.95. The Morgan fingerprint density at radius 1 is 1.14 bits per heavy atom. The van der Waals surface area contributed by atoms with Gasteiger partial charge in [-0.15, -0.1) is 0 Å². The van der Waals surface area contributed by atoms with Crippen molar-refractivity contribution in [1.82, 2.24) is 14.9 Å². The van der Waals surface area contributed by atoms with Gasteiger partial charge >= 0.3 is 0 Å². The van der Waals surface area contributed by atoms with Crippen molar-refractivity contribution in [3.8, 4) is 0 Å². The number of nitrogens with zero attached hydrogens (tertiary/aromatic N) is 3. The monoisotopic (exact) mass is 520 g/mol. The number of amides is 1. The van der Waals surface area contributed by atoms with Crippen molar-refractivity contribution in [2.24, 2.45) is 5.92 Å². The topological polar surface area (TPSA) is 87.6 Å². The van der Waals surface area contributed by atoms with E-state index in [2.05, 4.69) is 33.2 Å².